The van der Waals surface area contributed by atoms with Crippen LogP contribution in [0.15, 0.2) is 60.0 Å². The highest BCUT2D eigenvalue weighted by Crippen LogP contribution is 2.24. The number of sulfonamides is 1. The molecule has 2 aromatic carbocycles. The number of carbonyl (C=O) groups is 1. The molecule has 7 nitrogen and oxygen atoms in total. The van der Waals surface area contributed by atoms with Gasteiger partial charge in [0.25, 0.3) is 5.91 Å². The SMILES string of the molecule is C=CCOc1cccc(NC(=O)c2ccc(CC)c(S(=O)(=O)N3CCOCC3)c2)c1. The molecular formula is C22H26N2O5S. The molecule has 0 saturated carbocycles. The summed E-state index contributed by atoms with van der Waals surface area (Å²) in [5.74, 6) is 0.210. The van der Waals surface area contributed by atoms with Crippen molar-refractivity contribution in [1.82, 2.24) is 4.31 Å². The molecular weight excluding hydrogens is 404 g/mol. The first-order valence-corrected chi connectivity index (χ1v) is 11.3. The van der Waals surface area contributed by atoms with Crippen molar-refractivity contribution in [2.45, 2.75) is 18.2 Å². The highest BCUT2D eigenvalue weighted by atomic mass is 32.2. The van der Waals surface area contributed by atoms with Gasteiger partial charge in [0, 0.05) is 30.4 Å². The largest absolute Gasteiger partial charge is 0.489 e. The molecule has 0 atom stereocenters. The highest BCUT2D eigenvalue weighted by Gasteiger charge is 2.29. The van der Waals surface area contributed by atoms with Gasteiger partial charge in [-0.05, 0) is 36.2 Å². The van der Waals surface area contributed by atoms with Crippen LogP contribution in [0.2, 0.25) is 0 Å². The summed E-state index contributed by atoms with van der Waals surface area (Å²) >= 11 is 0. The fourth-order valence-corrected chi connectivity index (χ4v) is 4.90. The summed E-state index contributed by atoms with van der Waals surface area (Å²) in [5, 5.41) is 2.80. The Kier molecular flexibility index (Phi) is 7.25. The summed E-state index contributed by atoms with van der Waals surface area (Å²) < 4.78 is 38.5. The zero-order chi connectivity index (χ0) is 21.6. The van der Waals surface area contributed by atoms with Crippen molar-refractivity contribution in [3.8, 4) is 5.75 Å². The summed E-state index contributed by atoms with van der Waals surface area (Å²) in [7, 11) is -3.71. The summed E-state index contributed by atoms with van der Waals surface area (Å²) in [4.78, 5) is 13.0. The molecule has 0 unspecified atom stereocenters. The molecule has 1 amide bonds. The van der Waals surface area contributed by atoms with E-state index in [9.17, 15) is 13.2 Å². The number of hydrogen-bond donors (Lipinski definition) is 1. The lowest BCUT2D eigenvalue weighted by Gasteiger charge is -2.27. The molecule has 0 spiro atoms. The predicted molar refractivity (Wildman–Crippen MR) is 115 cm³/mol. The van der Waals surface area contributed by atoms with Gasteiger partial charge in [0.1, 0.15) is 12.4 Å². The van der Waals surface area contributed by atoms with E-state index in [4.69, 9.17) is 9.47 Å². The van der Waals surface area contributed by atoms with Crippen molar-refractivity contribution in [2.24, 2.45) is 0 Å². The monoisotopic (exact) mass is 430 g/mol. The van der Waals surface area contributed by atoms with Gasteiger partial charge in [-0.3, -0.25) is 4.79 Å². The number of hydrogen-bond acceptors (Lipinski definition) is 5. The Morgan fingerprint density at radius 3 is 2.70 bits per heavy atom. The second kappa shape index (κ2) is 9.88. The second-order valence-electron chi connectivity index (χ2n) is 6.77. The van der Waals surface area contributed by atoms with Crippen LogP contribution >= 0.6 is 0 Å². The number of carbonyl (C=O) groups excluding carboxylic acids is 1. The predicted octanol–water partition coefficient (Wildman–Crippen LogP) is 3.09. The fourth-order valence-electron chi connectivity index (χ4n) is 3.18. The van der Waals surface area contributed by atoms with Crippen LogP contribution in [-0.2, 0) is 21.2 Å². The van der Waals surface area contributed by atoms with Crippen LogP contribution in [0.3, 0.4) is 0 Å². The number of rotatable bonds is 8. The number of aryl methyl sites for hydroxylation is 1. The van der Waals surface area contributed by atoms with E-state index in [2.05, 4.69) is 11.9 Å². The summed E-state index contributed by atoms with van der Waals surface area (Å²) in [5.41, 5.74) is 1.51. The fraction of sp³-hybridized carbons (Fsp3) is 0.318. The molecule has 1 aliphatic heterocycles. The average Bonchev–Trinajstić information content (AvgIpc) is 2.78. The molecule has 8 heteroatoms. The third kappa shape index (κ3) is 5.08. The molecule has 1 saturated heterocycles. The molecule has 30 heavy (non-hydrogen) atoms. The quantitative estimate of drug-likeness (QED) is 0.651. The van der Waals surface area contributed by atoms with Crippen LogP contribution in [-0.4, -0.2) is 51.5 Å². The van der Waals surface area contributed by atoms with Crippen LogP contribution in [0.5, 0.6) is 5.75 Å². The van der Waals surface area contributed by atoms with Gasteiger partial charge in [-0.2, -0.15) is 4.31 Å². The number of ether oxygens (including phenoxy) is 2. The minimum Gasteiger partial charge on any atom is -0.489 e. The normalized spacial score (nSPS) is 14.8. The molecule has 0 aromatic heterocycles. The summed E-state index contributed by atoms with van der Waals surface area (Å²) in [6.07, 6.45) is 2.18. The number of nitrogens with zero attached hydrogens (tertiary/aromatic N) is 1. The van der Waals surface area contributed by atoms with Crippen molar-refractivity contribution in [2.75, 3.05) is 38.2 Å². The van der Waals surface area contributed by atoms with Crippen LogP contribution in [0.4, 0.5) is 5.69 Å². The summed E-state index contributed by atoms with van der Waals surface area (Å²) in [6.45, 7) is 7.20. The Labute approximate surface area is 177 Å². The number of benzene rings is 2. The van der Waals surface area contributed by atoms with Gasteiger partial charge in [-0.1, -0.05) is 31.7 Å². The molecule has 1 N–H and O–H groups in total. The smallest absolute Gasteiger partial charge is 0.255 e. The Balaban J connectivity index is 1.85. The van der Waals surface area contributed by atoms with Crippen molar-refractivity contribution >= 4 is 21.6 Å². The van der Waals surface area contributed by atoms with Crippen molar-refractivity contribution in [3.05, 3.63) is 66.2 Å². The van der Waals surface area contributed by atoms with E-state index in [0.29, 0.717) is 56.3 Å². The topological polar surface area (TPSA) is 84.9 Å². The average molecular weight is 431 g/mol. The number of morpholine rings is 1. The van der Waals surface area contributed by atoms with E-state index in [0.717, 1.165) is 0 Å². The van der Waals surface area contributed by atoms with Crippen LogP contribution in [0.25, 0.3) is 0 Å². The maximum absolute atomic E-state index is 13.2. The first-order chi connectivity index (χ1) is 14.5. The number of anilines is 1. The first-order valence-electron chi connectivity index (χ1n) is 9.81. The molecule has 0 bridgehead atoms. The zero-order valence-electron chi connectivity index (χ0n) is 17.0. The summed E-state index contributed by atoms with van der Waals surface area (Å²) in [6, 6.07) is 11.8. The number of nitrogens with one attached hydrogen (secondary N) is 1. The molecule has 3 rings (SSSR count). The molecule has 1 aliphatic rings. The molecule has 0 aliphatic carbocycles. The zero-order valence-corrected chi connectivity index (χ0v) is 17.8. The van der Waals surface area contributed by atoms with E-state index in [1.807, 2.05) is 6.92 Å². The highest BCUT2D eigenvalue weighted by molar-refractivity contribution is 7.89. The van der Waals surface area contributed by atoms with E-state index in [-0.39, 0.29) is 10.5 Å². The standard InChI is InChI=1S/C22H26N2O5S/c1-3-12-29-20-7-5-6-19(16-20)23-22(25)18-9-8-17(4-2)21(15-18)30(26,27)24-10-13-28-14-11-24/h3,5-9,15-16H,1,4,10-14H2,2H3,(H,23,25). The molecule has 1 fully saturated rings. The van der Waals surface area contributed by atoms with Gasteiger partial charge in [0.15, 0.2) is 0 Å². The van der Waals surface area contributed by atoms with Crippen LogP contribution < -0.4 is 10.1 Å². The van der Waals surface area contributed by atoms with Crippen LogP contribution in [0.1, 0.15) is 22.8 Å². The van der Waals surface area contributed by atoms with E-state index >= 15 is 0 Å². The maximum atomic E-state index is 13.2. The van der Waals surface area contributed by atoms with Crippen LogP contribution in [0, 0.1) is 0 Å². The Morgan fingerprint density at radius 1 is 1.23 bits per heavy atom. The molecule has 0 radical (unpaired) electrons. The van der Waals surface area contributed by atoms with E-state index in [1.165, 1.54) is 10.4 Å². The molecule has 2 aromatic rings. The van der Waals surface area contributed by atoms with Gasteiger partial charge in [-0.15, -0.1) is 0 Å². The van der Waals surface area contributed by atoms with E-state index in [1.54, 1.807) is 42.5 Å². The maximum Gasteiger partial charge on any atom is 0.255 e. The van der Waals surface area contributed by atoms with Gasteiger partial charge >= 0.3 is 0 Å². The lowest BCUT2D eigenvalue weighted by atomic mass is 10.1. The van der Waals surface area contributed by atoms with Gasteiger partial charge < -0.3 is 14.8 Å². The van der Waals surface area contributed by atoms with Gasteiger partial charge in [0.2, 0.25) is 10.0 Å². The first kappa shape index (κ1) is 22.0. The Bertz CT molecular complexity index is 1010. The lowest BCUT2D eigenvalue weighted by molar-refractivity contribution is 0.0730. The van der Waals surface area contributed by atoms with Crippen molar-refractivity contribution in [3.63, 3.8) is 0 Å². The minimum absolute atomic E-state index is 0.169. The van der Waals surface area contributed by atoms with Crippen molar-refractivity contribution in [1.29, 1.82) is 0 Å². The number of amides is 1. The molecule has 1 heterocycles. The second-order valence-corrected chi connectivity index (χ2v) is 8.68. The minimum atomic E-state index is -3.71. The van der Waals surface area contributed by atoms with Crippen molar-refractivity contribution < 1.29 is 22.7 Å². The third-order valence-electron chi connectivity index (χ3n) is 4.76. The molecule has 160 valence electrons. The van der Waals surface area contributed by atoms with Gasteiger partial charge in [-0.25, -0.2) is 8.42 Å². The Morgan fingerprint density at radius 2 is 2.00 bits per heavy atom. The lowest BCUT2D eigenvalue weighted by Crippen LogP contribution is -2.41. The Hall–Kier alpha value is -2.68. The van der Waals surface area contributed by atoms with E-state index < -0.39 is 15.9 Å². The van der Waals surface area contributed by atoms with Gasteiger partial charge in [0.05, 0.1) is 18.1 Å². The third-order valence-corrected chi connectivity index (χ3v) is 6.74.